The minimum atomic E-state index is -0.654. The SMILES string of the molecule is CC(=O)NC1([Si]C(C)C(C)(C)C)NC(=O)C1S. The molecule has 2 amide bonds. The van der Waals surface area contributed by atoms with E-state index in [4.69, 9.17) is 0 Å². The molecule has 17 heavy (non-hydrogen) atoms. The van der Waals surface area contributed by atoms with Crippen LogP contribution in [0.2, 0.25) is 5.54 Å². The Morgan fingerprint density at radius 1 is 1.59 bits per heavy atom. The van der Waals surface area contributed by atoms with Gasteiger partial charge in [-0.1, -0.05) is 27.7 Å². The second kappa shape index (κ2) is 4.64. The number of thiol groups is 1. The molecular weight excluding hydrogens is 252 g/mol. The van der Waals surface area contributed by atoms with Crippen molar-refractivity contribution in [2.24, 2.45) is 5.41 Å². The summed E-state index contributed by atoms with van der Waals surface area (Å²) in [4.78, 5) is 22.6. The summed E-state index contributed by atoms with van der Waals surface area (Å²) in [5.74, 6) is -0.256. The summed E-state index contributed by atoms with van der Waals surface area (Å²) in [6, 6.07) is 0. The van der Waals surface area contributed by atoms with Gasteiger partial charge in [0.05, 0.1) is 0 Å². The highest BCUT2D eigenvalue weighted by molar-refractivity contribution is 7.82. The molecule has 1 aliphatic rings. The molecule has 0 spiro atoms. The van der Waals surface area contributed by atoms with Crippen LogP contribution in [0.4, 0.5) is 0 Å². The van der Waals surface area contributed by atoms with Crippen LogP contribution in [0.25, 0.3) is 0 Å². The van der Waals surface area contributed by atoms with Crippen LogP contribution in [0, 0.1) is 5.41 Å². The third-order valence-corrected chi connectivity index (χ3v) is 6.25. The summed E-state index contributed by atoms with van der Waals surface area (Å²) in [5, 5.41) is 4.54. The quantitative estimate of drug-likeness (QED) is 0.404. The minimum absolute atomic E-state index is 0.115. The van der Waals surface area contributed by atoms with E-state index in [1.807, 2.05) is 0 Å². The molecule has 4 nitrogen and oxygen atoms in total. The van der Waals surface area contributed by atoms with E-state index in [2.05, 4.69) is 51.0 Å². The standard InChI is InChI=1S/C11H20N2O2SSi/c1-6(10(3,4)5)17-11(12-7(2)14)8(16)9(15)13-11/h6,8,16H,1-5H3,(H,12,14)(H,13,15). The zero-order chi connectivity index (χ0) is 13.4. The van der Waals surface area contributed by atoms with Gasteiger partial charge >= 0.3 is 0 Å². The van der Waals surface area contributed by atoms with E-state index in [1.165, 1.54) is 6.92 Å². The van der Waals surface area contributed by atoms with Crippen LogP contribution >= 0.6 is 12.6 Å². The molecule has 0 aromatic heterocycles. The third-order valence-electron chi connectivity index (χ3n) is 3.10. The normalized spacial score (nSPS) is 30.2. The maximum absolute atomic E-state index is 11.3. The van der Waals surface area contributed by atoms with E-state index in [9.17, 15) is 9.59 Å². The summed E-state index contributed by atoms with van der Waals surface area (Å²) >= 11 is 4.29. The summed E-state index contributed by atoms with van der Waals surface area (Å²) < 4.78 is 0. The molecule has 3 atom stereocenters. The molecule has 96 valence electrons. The van der Waals surface area contributed by atoms with Crippen molar-refractivity contribution in [3.63, 3.8) is 0 Å². The number of hydrogen-bond donors (Lipinski definition) is 3. The van der Waals surface area contributed by atoms with Crippen LogP contribution in [0.1, 0.15) is 34.6 Å². The summed E-state index contributed by atoms with van der Waals surface area (Å²) in [6.45, 7) is 10.0. The van der Waals surface area contributed by atoms with Gasteiger partial charge in [-0.05, 0) is 11.0 Å². The molecule has 2 radical (unpaired) electrons. The Labute approximate surface area is 111 Å². The van der Waals surface area contributed by atoms with Crippen LogP contribution in [0.5, 0.6) is 0 Å². The highest BCUT2D eigenvalue weighted by Crippen LogP contribution is 2.35. The number of rotatable bonds is 3. The second-order valence-corrected chi connectivity index (χ2v) is 8.07. The van der Waals surface area contributed by atoms with Crippen molar-refractivity contribution in [3.05, 3.63) is 0 Å². The number of β-lactam (4-membered cyclic amide) rings is 1. The third kappa shape index (κ3) is 3.04. The Morgan fingerprint density at radius 3 is 2.41 bits per heavy atom. The molecular formula is C11H20N2O2SSi. The first-order valence-corrected chi connectivity index (χ1v) is 7.24. The molecule has 1 fully saturated rings. The van der Waals surface area contributed by atoms with Crippen LogP contribution in [-0.2, 0) is 9.59 Å². The van der Waals surface area contributed by atoms with Crippen molar-refractivity contribution >= 4 is 34.0 Å². The number of carbonyl (C=O) groups excluding carboxylic acids is 2. The Balaban J connectivity index is 2.80. The van der Waals surface area contributed by atoms with Crippen LogP contribution in [-0.4, -0.2) is 31.9 Å². The predicted molar refractivity (Wildman–Crippen MR) is 72.1 cm³/mol. The molecule has 1 heterocycles. The lowest BCUT2D eigenvalue weighted by atomic mass is 9.93. The first-order valence-electron chi connectivity index (χ1n) is 5.65. The Kier molecular flexibility index (Phi) is 3.98. The average molecular weight is 272 g/mol. The molecule has 1 aliphatic heterocycles. The Morgan fingerprint density at radius 2 is 2.12 bits per heavy atom. The fourth-order valence-electron chi connectivity index (χ4n) is 1.54. The summed E-state index contributed by atoms with van der Waals surface area (Å²) in [6.07, 6.45) is 0. The molecule has 2 N–H and O–H groups in total. The van der Waals surface area contributed by atoms with Crippen molar-refractivity contribution in [1.82, 2.24) is 10.6 Å². The smallest absolute Gasteiger partial charge is 0.238 e. The van der Waals surface area contributed by atoms with Crippen LogP contribution in [0.15, 0.2) is 0 Å². The topological polar surface area (TPSA) is 58.2 Å². The van der Waals surface area contributed by atoms with Gasteiger partial charge in [-0.3, -0.25) is 9.59 Å². The summed E-state index contributed by atoms with van der Waals surface area (Å²) in [7, 11) is 0.407. The van der Waals surface area contributed by atoms with E-state index in [0.29, 0.717) is 15.1 Å². The zero-order valence-corrected chi connectivity index (χ0v) is 12.8. The zero-order valence-electron chi connectivity index (χ0n) is 10.9. The number of carbonyl (C=O) groups is 2. The molecule has 3 unspecified atom stereocenters. The molecule has 1 saturated heterocycles. The fraction of sp³-hybridized carbons (Fsp3) is 0.818. The van der Waals surface area contributed by atoms with Crippen molar-refractivity contribution in [2.75, 3.05) is 0 Å². The van der Waals surface area contributed by atoms with Gasteiger partial charge in [-0.25, -0.2) is 0 Å². The number of nitrogens with one attached hydrogen (secondary N) is 2. The highest BCUT2D eigenvalue weighted by atomic mass is 32.1. The van der Waals surface area contributed by atoms with Crippen molar-refractivity contribution in [2.45, 2.75) is 50.7 Å². The maximum atomic E-state index is 11.3. The van der Waals surface area contributed by atoms with Gasteiger partial charge in [-0.15, -0.1) is 0 Å². The van der Waals surface area contributed by atoms with Gasteiger partial charge in [0.15, 0.2) is 0 Å². The lowest BCUT2D eigenvalue weighted by molar-refractivity contribution is -0.132. The monoisotopic (exact) mass is 272 g/mol. The van der Waals surface area contributed by atoms with E-state index in [-0.39, 0.29) is 17.2 Å². The van der Waals surface area contributed by atoms with Gasteiger partial charge in [0.1, 0.15) is 20.1 Å². The van der Waals surface area contributed by atoms with E-state index in [0.717, 1.165) is 0 Å². The second-order valence-electron chi connectivity index (χ2n) is 5.61. The molecule has 6 heteroatoms. The lowest BCUT2D eigenvalue weighted by Crippen LogP contribution is -2.81. The first kappa shape index (κ1) is 14.6. The van der Waals surface area contributed by atoms with Gasteiger partial charge in [-0.2, -0.15) is 12.6 Å². The number of amides is 2. The molecule has 0 saturated carbocycles. The average Bonchev–Trinajstić information content (AvgIpc) is 2.14. The minimum Gasteiger partial charge on any atom is -0.336 e. The molecule has 1 rings (SSSR count). The van der Waals surface area contributed by atoms with E-state index < -0.39 is 10.5 Å². The Bertz CT molecular complexity index is 343. The van der Waals surface area contributed by atoms with Gasteiger partial charge in [0, 0.05) is 6.92 Å². The number of hydrogen-bond acceptors (Lipinski definition) is 3. The Hall–Kier alpha value is -0.493. The fourth-order valence-corrected chi connectivity index (χ4v) is 3.80. The molecule has 0 aromatic carbocycles. The van der Waals surface area contributed by atoms with Crippen LogP contribution in [0.3, 0.4) is 0 Å². The van der Waals surface area contributed by atoms with E-state index >= 15 is 0 Å². The predicted octanol–water partition coefficient (Wildman–Crippen LogP) is 0.763. The van der Waals surface area contributed by atoms with Crippen LogP contribution < -0.4 is 10.6 Å². The largest absolute Gasteiger partial charge is 0.336 e. The van der Waals surface area contributed by atoms with Crippen molar-refractivity contribution < 1.29 is 9.59 Å². The highest BCUT2D eigenvalue weighted by Gasteiger charge is 2.53. The van der Waals surface area contributed by atoms with Gasteiger partial charge in [0.25, 0.3) is 0 Å². The molecule has 0 bridgehead atoms. The van der Waals surface area contributed by atoms with Gasteiger partial charge in [0.2, 0.25) is 11.8 Å². The van der Waals surface area contributed by atoms with Gasteiger partial charge < -0.3 is 10.6 Å². The molecule has 0 aliphatic carbocycles. The van der Waals surface area contributed by atoms with Crippen molar-refractivity contribution in [1.29, 1.82) is 0 Å². The summed E-state index contributed by atoms with van der Waals surface area (Å²) in [5.41, 5.74) is 0.516. The first-order chi connectivity index (χ1) is 7.58. The lowest BCUT2D eigenvalue weighted by Gasteiger charge is -2.49. The molecule has 0 aromatic rings. The van der Waals surface area contributed by atoms with Crippen molar-refractivity contribution in [3.8, 4) is 0 Å². The van der Waals surface area contributed by atoms with E-state index in [1.54, 1.807) is 0 Å². The maximum Gasteiger partial charge on any atom is 0.238 e.